The van der Waals surface area contributed by atoms with Gasteiger partial charge in [-0.3, -0.25) is 4.79 Å². The van der Waals surface area contributed by atoms with Crippen molar-refractivity contribution in [1.82, 2.24) is 14.8 Å². The Morgan fingerprint density at radius 1 is 1.77 bits per heavy atom. The first-order chi connectivity index (χ1) is 6.24. The summed E-state index contributed by atoms with van der Waals surface area (Å²) in [6.07, 6.45) is 2.02. The molecule has 1 aromatic heterocycles. The van der Waals surface area contributed by atoms with Crippen LogP contribution in [0.4, 0.5) is 0 Å². The average molecular weight is 201 g/mol. The van der Waals surface area contributed by atoms with Crippen LogP contribution in [0.25, 0.3) is 0 Å². The van der Waals surface area contributed by atoms with Gasteiger partial charge in [-0.15, -0.1) is 10.2 Å². The zero-order valence-electron chi connectivity index (χ0n) is 7.56. The molecule has 0 aliphatic heterocycles. The Labute approximate surface area is 80.5 Å². The molecule has 13 heavy (non-hydrogen) atoms. The van der Waals surface area contributed by atoms with Crippen LogP contribution in [0.15, 0.2) is 11.5 Å². The first-order valence-corrected chi connectivity index (χ1v) is 4.76. The number of aromatic nitrogens is 3. The summed E-state index contributed by atoms with van der Waals surface area (Å²) in [7, 11) is 3.25. The molecule has 5 nitrogen and oxygen atoms in total. The summed E-state index contributed by atoms with van der Waals surface area (Å²) >= 11 is 1.49. The summed E-state index contributed by atoms with van der Waals surface area (Å²) in [4.78, 5) is 10.7. The van der Waals surface area contributed by atoms with Crippen molar-refractivity contribution in [2.24, 2.45) is 7.05 Å². The largest absolute Gasteiger partial charge is 0.469 e. The maximum absolute atomic E-state index is 10.7. The summed E-state index contributed by atoms with van der Waals surface area (Å²) in [5.74, 6) is 0.466. The predicted octanol–water partition coefficient (Wildman–Crippen LogP) is 0.470. The van der Waals surface area contributed by atoms with Crippen molar-refractivity contribution in [3.05, 3.63) is 6.33 Å². The SMILES string of the molecule is COC(=O)CCSc1nncn1C. The molecular weight excluding hydrogens is 190 g/mol. The van der Waals surface area contributed by atoms with Crippen molar-refractivity contribution in [3.63, 3.8) is 0 Å². The molecule has 1 heterocycles. The van der Waals surface area contributed by atoms with Crippen molar-refractivity contribution in [3.8, 4) is 0 Å². The molecule has 72 valence electrons. The zero-order chi connectivity index (χ0) is 9.68. The minimum absolute atomic E-state index is 0.199. The molecule has 0 bridgehead atoms. The summed E-state index contributed by atoms with van der Waals surface area (Å²) in [5, 5.41) is 8.39. The second kappa shape index (κ2) is 4.86. The first kappa shape index (κ1) is 10.0. The second-order valence-corrected chi connectivity index (χ2v) is 3.46. The van der Waals surface area contributed by atoms with Crippen molar-refractivity contribution < 1.29 is 9.53 Å². The van der Waals surface area contributed by atoms with Crippen molar-refractivity contribution in [2.45, 2.75) is 11.6 Å². The minimum atomic E-state index is -0.199. The Morgan fingerprint density at radius 3 is 3.08 bits per heavy atom. The molecule has 0 amide bonds. The predicted molar refractivity (Wildman–Crippen MR) is 48.4 cm³/mol. The number of hydrogen-bond acceptors (Lipinski definition) is 5. The monoisotopic (exact) mass is 201 g/mol. The van der Waals surface area contributed by atoms with Gasteiger partial charge < -0.3 is 9.30 Å². The van der Waals surface area contributed by atoms with Gasteiger partial charge in [0.1, 0.15) is 6.33 Å². The van der Waals surface area contributed by atoms with E-state index in [1.807, 2.05) is 11.6 Å². The molecule has 0 N–H and O–H groups in total. The van der Waals surface area contributed by atoms with Gasteiger partial charge >= 0.3 is 5.97 Å². The normalized spacial score (nSPS) is 10.0. The molecule has 1 aromatic rings. The fraction of sp³-hybridized carbons (Fsp3) is 0.571. The highest BCUT2D eigenvalue weighted by Crippen LogP contribution is 2.14. The molecule has 1 rings (SSSR count). The molecule has 0 aliphatic rings. The Kier molecular flexibility index (Phi) is 3.75. The topological polar surface area (TPSA) is 57.0 Å². The molecule has 6 heteroatoms. The van der Waals surface area contributed by atoms with Crippen LogP contribution in [0.2, 0.25) is 0 Å². The Hall–Kier alpha value is -1.04. The highest BCUT2D eigenvalue weighted by atomic mass is 32.2. The molecule has 0 saturated carbocycles. The van der Waals surface area contributed by atoms with Crippen molar-refractivity contribution in [1.29, 1.82) is 0 Å². The first-order valence-electron chi connectivity index (χ1n) is 3.77. The van der Waals surface area contributed by atoms with Gasteiger partial charge in [0, 0.05) is 12.8 Å². The lowest BCUT2D eigenvalue weighted by atomic mass is 10.5. The van der Waals surface area contributed by atoms with Gasteiger partial charge in [-0.25, -0.2) is 0 Å². The number of carbonyl (C=O) groups is 1. The van der Waals surface area contributed by atoms with Gasteiger partial charge in [0.05, 0.1) is 13.5 Å². The van der Waals surface area contributed by atoms with Gasteiger partial charge in [0.2, 0.25) is 0 Å². The van der Waals surface area contributed by atoms with Crippen molar-refractivity contribution in [2.75, 3.05) is 12.9 Å². The van der Waals surface area contributed by atoms with E-state index >= 15 is 0 Å². The number of esters is 1. The number of carbonyl (C=O) groups excluding carboxylic acids is 1. The quantitative estimate of drug-likeness (QED) is 0.523. The Bertz CT molecular complexity index is 287. The fourth-order valence-electron chi connectivity index (χ4n) is 0.731. The molecule has 0 spiro atoms. The maximum atomic E-state index is 10.7. The molecule has 0 aromatic carbocycles. The van der Waals surface area contributed by atoms with Crippen LogP contribution in [0.3, 0.4) is 0 Å². The van der Waals surface area contributed by atoms with Gasteiger partial charge in [-0.05, 0) is 0 Å². The Balaban J connectivity index is 2.28. The standard InChI is InChI=1S/C7H11N3O2S/c1-10-5-8-9-7(10)13-4-3-6(11)12-2/h5H,3-4H2,1-2H3. The number of ether oxygens (including phenoxy) is 1. The maximum Gasteiger partial charge on any atom is 0.306 e. The number of thioether (sulfide) groups is 1. The van der Waals surface area contributed by atoms with Crippen LogP contribution in [-0.4, -0.2) is 33.6 Å². The van der Waals surface area contributed by atoms with E-state index in [-0.39, 0.29) is 5.97 Å². The molecule has 0 aliphatic carbocycles. The third kappa shape index (κ3) is 3.06. The number of nitrogens with zero attached hydrogens (tertiary/aromatic N) is 3. The zero-order valence-corrected chi connectivity index (χ0v) is 8.37. The van der Waals surface area contributed by atoms with Gasteiger partial charge in [-0.2, -0.15) is 0 Å². The van der Waals surface area contributed by atoms with E-state index in [1.54, 1.807) is 6.33 Å². The van der Waals surface area contributed by atoms with E-state index in [0.29, 0.717) is 12.2 Å². The van der Waals surface area contributed by atoms with E-state index < -0.39 is 0 Å². The summed E-state index contributed by atoms with van der Waals surface area (Å²) in [6.45, 7) is 0. The van der Waals surface area contributed by atoms with E-state index in [9.17, 15) is 4.79 Å². The van der Waals surface area contributed by atoms with E-state index in [4.69, 9.17) is 0 Å². The van der Waals surface area contributed by atoms with Crippen LogP contribution < -0.4 is 0 Å². The third-order valence-electron chi connectivity index (χ3n) is 1.43. The second-order valence-electron chi connectivity index (χ2n) is 2.40. The fourth-order valence-corrected chi connectivity index (χ4v) is 1.54. The van der Waals surface area contributed by atoms with Crippen molar-refractivity contribution >= 4 is 17.7 Å². The van der Waals surface area contributed by atoms with E-state index in [0.717, 1.165) is 5.16 Å². The molecule has 0 saturated heterocycles. The molecule has 0 radical (unpaired) electrons. The molecule has 0 fully saturated rings. The lowest BCUT2D eigenvalue weighted by molar-refractivity contribution is -0.140. The van der Waals surface area contributed by atoms with Gasteiger partial charge in [0.25, 0.3) is 0 Å². The number of hydrogen-bond donors (Lipinski definition) is 0. The third-order valence-corrected chi connectivity index (χ3v) is 2.47. The number of aryl methyl sites for hydroxylation is 1. The lowest BCUT2D eigenvalue weighted by Crippen LogP contribution is -2.01. The highest BCUT2D eigenvalue weighted by molar-refractivity contribution is 7.99. The van der Waals surface area contributed by atoms with Crippen LogP contribution >= 0.6 is 11.8 Å². The summed E-state index contributed by atoms with van der Waals surface area (Å²) < 4.78 is 6.31. The van der Waals surface area contributed by atoms with Gasteiger partial charge in [0.15, 0.2) is 5.16 Å². The summed E-state index contributed by atoms with van der Waals surface area (Å²) in [6, 6.07) is 0. The number of rotatable bonds is 4. The van der Waals surface area contributed by atoms with Crippen LogP contribution in [0.1, 0.15) is 6.42 Å². The number of methoxy groups -OCH3 is 1. The highest BCUT2D eigenvalue weighted by Gasteiger charge is 2.04. The Morgan fingerprint density at radius 2 is 2.54 bits per heavy atom. The van der Waals surface area contributed by atoms with E-state index in [2.05, 4.69) is 14.9 Å². The molecule has 0 unspecified atom stereocenters. The molecule has 0 atom stereocenters. The van der Waals surface area contributed by atoms with Crippen LogP contribution in [0.5, 0.6) is 0 Å². The van der Waals surface area contributed by atoms with E-state index in [1.165, 1.54) is 18.9 Å². The van der Waals surface area contributed by atoms with Crippen LogP contribution in [0, 0.1) is 0 Å². The van der Waals surface area contributed by atoms with Gasteiger partial charge in [-0.1, -0.05) is 11.8 Å². The summed E-state index contributed by atoms with van der Waals surface area (Å²) in [5.41, 5.74) is 0. The average Bonchev–Trinajstić information content (AvgIpc) is 2.52. The smallest absolute Gasteiger partial charge is 0.306 e. The minimum Gasteiger partial charge on any atom is -0.469 e. The lowest BCUT2D eigenvalue weighted by Gasteiger charge is -1.98. The van der Waals surface area contributed by atoms with Crippen LogP contribution in [-0.2, 0) is 16.6 Å². The molecular formula is C7H11N3O2S.